The lowest BCUT2D eigenvalue weighted by molar-refractivity contribution is -0.0295. The molecular weight excluding hydrogens is 370 g/mol. The number of anilines is 1. The number of hydrogen-bond donors (Lipinski definition) is 2. The summed E-state index contributed by atoms with van der Waals surface area (Å²) in [6.07, 6.45) is 7.01. The Morgan fingerprint density at radius 3 is 3.04 bits per heavy atom. The standard InChI is InChI=1S/C17H23N5O2S2/c1-3-12-13(23-10-26-25-2)7-14(24-12)22-8-11(5-4-6-18)15-16(19)20-9-21-17(15)22/h8-9,12-14H,3,6-7,10,18H2,1-2H3,(H2,19,20,21)/t12-,13-,14-/m1/s1. The van der Waals surface area contributed by atoms with Gasteiger partial charge in [-0.25, -0.2) is 9.97 Å². The molecule has 3 rings (SSSR count). The highest BCUT2D eigenvalue weighted by Crippen LogP contribution is 2.36. The largest absolute Gasteiger partial charge is 0.383 e. The van der Waals surface area contributed by atoms with E-state index in [4.69, 9.17) is 20.9 Å². The summed E-state index contributed by atoms with van der Waals surface area (Å²) in [5.74, 6) is 6.99. The molecule has 0 aromatic carbocycles. The molecule has 0 unspecified atom stereocenters. The van der Waals surface area contributed by atoms with Crippen molar-refractivity contribution in [3.63, 3.8) is 0 Å². The van der Waals surface area contributed by atoms with Gasteiger partial charge >= 0.3 is 0 Å². The SMILES string of the molecule is CC[C@H]1O[C@@H](n2cc(C#CCN)c3c(N)ncnc32)C[C@H]1OCSSC. The van der Waals surface area contributed by atoms with Crippen molar-refractivity contribution < 1.29 is 9.47 Å². The quantitative estimate of drug-likeness (QED) is 0.334. The minimum absolute atomic E-state index is 0.0534. The molecule has 4 N–H and O–H groups in total. The minimum Gasteiger partial charge on any atom is -0.383 e. The Balaban J connectivity index is 1.91. The number of fused-ring (bicyclic) bond motifs is 1. The Bertz CT molecular complexity index is 817. The van der Waals surface area contributed by atoms with Crippen LogP contribution in [0.1, 0.15) is 31.6 Å². The molecule has 1 saturated heterocycles. The lowest BCUT2D eigenvalue weighted by Gasteiger charge is -2.16. The second kappa shape index (κ2) is 8.97. The van der Waals surface area contributed by atoms with Crippen LogP contribution in [0.25, 0.3) is 11.0 Å². The fraction of sp³-hybridized carbons (Fsp3) is 0.529. The predicted molar refractivity (Wildman–Crippen MR) is 108 cm³/mol. The van der Waals surface area contributed by atoms with Crippen LogP contribution in [0.5, 0.6) is 0 Å². The minimum atomic E-state index is -0.172. The molecule has 0 radical (unpaired) electrons. The smallest absolute Gasteiger partial charge is 0.148 e. The lowest BCUT2D eigenvalue weighted by Crippen LogP contribution is -2.23. The number of nitrogen functional groups attached to an aromatic ring is 1. The van der Waals surface area contributed by atoms with E-state index in [1.807, 2.05) is 17.0 Å². The number of nitrogens with two attached hydrogens (primary N) is 2. The van der Waals surface area contributed by atoms with Gasteiger partial charge in [-0.15, -0.1) is 0 Å². The average Bonchev–Trinajstić information content (AvgIpc) is 3.22. The summed E-state index contributed by atoms with van der Waals surface area (Å²) in [5, 5.41) is 0.743. The van der Waals surface area contributed by atoms with E-state index < -0.39 is 0 Å². The highest BCUT2D eigenvalue weighted by molar-refractivity contribution is 8.76. The van der Waals surface area contributed by atoms with E-state index in [-0.39, 0.29) is 25.0 Å². The van der Waals surface area contributed by atoms with E-state index in [9.17, 15) is 0 Å². The Morgan fingerprint density at radius 2 is 2.31 bits per heavy atom. The van der Waals surface area contributed by atoms with Gasteiger partial charge in [0.15, 0.2) is 0 Å². The van der Waals surface area contributed by atoms with Gasteiger partial charge in [0.2, 0.25) is 0 Å². The second-order valence-corrected chi connectivity index (χ2v) is 8.31. The first-order chi connectivity index (χ1) is 12.7. The van der Waals surface area contributed by atoms with E-state index in [1.165, 1.54) is 6.33 Å². The molecule has 2 aromatic rings. The first-order valence-corrected chi connectivity index (χ1v) is 11.1. The molecule has 3 heterocycles. The van der Waals surface area contributed by atoms with Crippen molar-refractivity contribution in [1.29, 1.82) is 0 Å². The van der Waals surface area contributed by atoms with E-state index >= 15 is 0 Å². The summed E-state index contributed by atoms with van der Waals surface area (Å²) >= 11 is 0. The maximum atomic E-state index is 6.25. The summed E-state index contributed by atoms with van der Waals surface area (Å²) in [4.78, 5) is 8.51. The molecule has 1 aliphatic heterocycles. The molecule has 1 fully saturated rings. The number of aromatic nitrogens is 3. The third kappa shape index (κ3) is 3.94. The van der Waals surface area contributed by atoms with Gasteiger partial charge in [-0.05, 0) is 12.7 Å². The summed E-state index contributed by atoms with van der Waals surface area (Å²) in [5.41, 5.74) is 13.1. The first kappa shape index (κ1) is 19.3. The molecular formula is C17H23N5O2S2. The van der Waals surface area contributed by atoms with Gasteiger partial charge in [-0.2, -0.15) is 0 Å². The molecule has 140 valence electrons. The summed E-state index contributed by atoms with van der Waals surface area (Å²) in [7, 11) is 3.38. The molecule has 0 bridgehead atoms. The molecule has 0 spiro atoms. The van der Waals surface area contributed by atoms with Crippen LogP contribution in [0, 0.1) is 11.8 Å². The molecule has 26 heavy (non-hydrogen) atoms. The molecule has 3 atom stereocenters. The van der Waals surface area contributed by atoms with Gasteiger partial charge < -0.3 is 25.5 Å². The van der Waals surface area contributed by atoms with Crippen LogP contribution in [0.4, 0.5) is 5.82 Å². The third-order valence-electron chi connectivity index (χ3n) is 4.30. The van der Waals surface area contributed by atoms with Crippen LogP contribution in [-0.4, -0.2) is 45.5 Å². The van der Waals surface area contributed by atoms with Crippen LogP contribution in [0.2, 0.25) is 0 Å². The second-order valence-electron chi connectivity index (χ2n) is 5.79. The van der Waals surface area contributed by atoms with Gasteiger partial charge in [0.1, 0.15) is 30.0 Å². The van der Waals surface area contributed by atoms with Crippen molar-refractivity contribution in [1.82, 2.24) is 14.5 Å². The molecule has 7 nitrogen and oxygen atoms in total. The highest BCUT2D eigenvalue weighted by atomic mass is 33.1. The van der Waals surface area contributed by atoms with Crippen molar-refractivity contribution >= 4 is 38.4 Å². The molecule has 9 heteroatoms. The van der Waals surface area contributed by atoms with Crippen molar-refractivity contribution in [3.8, 4) is 11.8 Å². The lowest BCUT2D eigenvalue weighted by atomic mass is 10.1. The Kier molecular flexibility index (Phi) is 6.67. The average molecular weight is 394 g/mol. The van der Waals surface area contributed by atoms with Gasteiger partial charge in [0.05, 0.1) is 29.7 Å². The number of nitrogens with zero attached hydrogens (tertiary/aromatic N) is 3. The maximum Gasteiger partial charge on any atom is 0.148 e. The van der Waals surface area contributed by atoms with Crippen LogP contribution in [0.3, 0.4) is 0 Å². The molecule has 1 aliphatic rings. The van der Waals surface area contributed by atoms with E-state index in [0.29, 0.717) is 11.8 Å². The number of rotatable bonds is 6. The Morgan fingerprint density at radius 1 is 1.46 bits per heavy atom. The number of ether oxygens (including phenoxy) is 2. The zero-order chi connectivity index (χ0) is 18.5. The van der Waals surface area contributed by atoms with Gasteiger partial charge in [0.25, 0.3) is 0 Å². The maximum absolute atomic E-state index is 6.25. The molecule has 2 aromatic heterocycles. The van der Waals surface area contributed by atoms with Crippen molar-refractivity contribution in [2.45, 2.75) is 38.2 Å². The van der Waals surface area contributed by atoms with E-state index in [0.717, 1.165) is 29.4 Å². The fourth-order valence-electron chi connectivity index (χ4n) is 3.14. The van der Waals surface area contributed by atoms with Crippen LogP contribution in [0.15, 0.2) is 12.5 Å². The van der Waals surface area contributed by atoms with Crippen molar-refractivity contribution in [2.75, 3.05) is 24.5 Å². The Hall–Kier alpha value is -1.44. The molecule has 0 saturated carbocycles. The Labute approximate surface area is 161 Å². The topological polar surface area (TPSA) is 101 Å². The first-order valence-electron chi connectivity index (χ1n) is 8.42. The number of hydrogen-bond acceptors (Lipinski definition) is 8. The zero-order valence-corrected chi connectivity index (χ0v) is 16.5. The van der Waals surface area contributed by atoms with E-state index in [2.05, 4.69) is 28.7 Å². The van der Waals surface area contributed by atoms with Crippen molar-refractivity contribution in [2.24, 2.45) is 5.73 Å². The zero-order valence-electron chi connectivity index (χ0n) is 14.8. The normalized spacial score (nSPS) is 22.5. The van der Waals surface area contributed by atoms with Gasteiger partial charge in [-0.3, -0.25) is 0 Å². The fourth-order valence-corrected chi connectivity index (χ4v) is 3.92. The van der Waals surface area contributed by atoms with Crippen molar-refractivity contribution in [3.05, 3.63) is 18.1 Å². The molecule has 0 aliphatic carbocycles. The van der Waals surface area contributed by atoms with Crippen LogP contribution >= 0.6 is 21.6 Å². The third-order valence-corrected chi connectivity index (χ3v) is 5.77. The highest BCUT2D eigenvalue weighted by Gasteiger charge is 2.36. The summed E-state index contributed by atoms with van der Waals surface area (Å²) < 4.78 is 14.2. The van der Waals surface area contributed by atoms with Crippen LogP contribution in [-0.2, 0) is 9.47 Å². The van der Waals surface area contributed by atoms with Gasteiger partial charge in [0, 0.05) is 12.6 Å². The van der Waals surface area contributed by atoms with Crippen LogP contribution < -0.4 is 11.5 Å². The monoisotopic (exact) mass is 393 g/mol. The summed E-state index contributed by atoms with van der Waals surface area (Å²) in [6.45, 7) is 2.39. The van der Waals surface area contributed by atoms with Gasteiger partial charge in [-0.1, -0.05) is 40.4 Å². The van der Waals surface area contributed by atoms with E-state index in [1.54, 1.807) is 21.6 Å². The summed E-state index contributed by atoms with van der Waals surface area (Å²) in [6, 6.07) is 0. The predicted octanol–water partition coefficient (Wildman–Crippen LogP) is 2.38. The molecule has 0 amide bonds.